The molecule has 0 unspecified atom stereocenters. The highest BCUT2D eigenvalue weighted by molar-refractivity contribution is 5.99. The Labute approximate surface area is 161 Å². The van der Waals surface area contributed by atoms with Crippen LogP contribution in [0.2, 0.25) is 0 Å². The molecule has 2 aromatic rings. The average molecular weight is 393 g/mol. The third-order valence-corrected chi connectivity index (χ3v) is 5.38. The summed E-state index contributed by atoms with van der Waals surface area (Å²) in [6.07, 6.45) is -3.80. The number of hydrogen-bond acceptors (Lipinski definition) is 4. The van der Waals surface area contributed by atoms with Crippen LogP contribution in [0.4, 0.5) is 13.2 Å². The molecule has 0 spiro atoms. The van der Waals surface area contributed by atoms with Gasteiger partial charge in [-0.05, 0) is 37.1 Å². The lowest BCUT2D eigenvalue weighted by atomic mass is 9.98. The van der Waals surface area contributed by atoms with E-state index in [0.29, 0.717) is 37.5 Å². The van der Waals surface area contributed by atoms with E-state index in [1.54, 1.807) is 13.0 Å². The molecule has 0 radical (unpaired) electrons. The molecular formula is C20H22F3N3O2. The van der Waals surface area contributed by atoms with Crippen molar-refractivity contribution in [1.82, 2.24) is 14.8 Å². The van der Waals surface area contributed by atoms with Crippen LogP contribution >= 0.6 is 0 Å². The van der Waals surface area contributed by atoms with E-state index >= 15 is 0 Å². The standard InChI is InChI=1S/C20H22F3N3O2/c1-11(2)26-9-15-14(19(26)27)6-13(7-16(15)20(21,22)23)8-25-5-4-17-18(10-25)28-12(3)24-17/h6-7,11H,4-5,8-10H2,1-3H3. The van der Waals surface area contributed by atoms with Gasteiger partial charge in [-0.25, -0.2) is 4.98 Å². The quantitative estimate of drug-likeness (QED) is 0.793. The first-order valence-corrected chi connectivity index (χ1v) is 9.35. The van der Waals surface area contributed by atoms with E-state index in [9.17, 15) is 18.0 Å². The lowest BCUT2D eigenvalue weighted by Gasteiger charge is -2.25. The number of halogens is 3. The molecule has 2 aliphatic rings. The van der Waals surface area contributed by atoms with E-state index in [0.717, 1.165) is 11.5 Å². The Kier molecular flexibility index (Phi) is 4.49. The second-order valence-electron chi connectivity index (χ2n) is 7.76. The minimum Gasteiger partial charge on any atom is -0.444 e. The summed E-state index contributed by atoms with van der Waals surface area (Å²) in [5.74, 6) is 1.04. The Morgan fingerprint density at radius 2 is 2.00 bits per heavy atom. The Morgan fingerprint density at radius 3 is 2.68 bits per heavy atom. The van der Waals surface area contributed by atoms with Crippen LogP contribution in [0.1, 0.15) is 58.2 Å². The van der Waals surface area contributed by atoms with Gasteiger partial charge >= 0.3 is 6.18 Å². The van der Waals surface area contributed by atoms with Gasteiger partial charge in [0, 0.05) is 44.6 Å². The van der Waals surface area contributed by atoms with Crippen LogP contribution in [0.25, 0.3) is 0 Å². The van der Waals surface area contributed by atoms with Crippen LogP contribution in [0, 0.1) is 6.92 Å². The van der Waals surface area contributed by atoms with Gasteiger partial charge in [-0.3, -0.25) is 9.69 Å². The molecule has 28 heavy (non-hydrogen) atoms. The van der Waals surface area contributed by atoms with Crippen molar-refractivity contribution in [2.24, 2.45) is 0 Å². The average Bonchev–Trinajstić information content (AvgIpc) is 3.12. The molecule has 0 N–H and O–H groups in total. The molecule has 0 saturated carbocycles. The number of fused-ring (bicyclic) bond motifs is 2. The fourth-order valence-corrected chi connectivity index (χ4v) is 4.02. The molecule has 150 valence electrons. The zero-order valence-electron chi connectivity index (χ0n) is 16.1. The largest absolute Gasteiger partial charge is 0.444 e. The topological polar surface area (TPSA) is 49.6 Å². The fraction of sp³-hybridized carbons (Fsp3) is 0.500. The van der Waals surface area contributed by atoms with Gasteiger partial charge in [-0.15, -0.1) is 0 Å². The fourth-order valence-electron chi connectivity index (χ4n) is 4.02. The summed E-state index contributed by atoms with van der Waals surface area (Å²) in [6.45, 7) is 6.91. The number of hydrogen-bond donors (Lipinski definition) is 0. The van der Waals surface area contributed by atoms with Crippen molar-refractivity contribution in [2.75, 3.05) is 6.54 Å². The smallest absolute Gasteiger partial charge is 0.416 e. The number of nitrogens with zero attached hydrogens (tertiary/aromatic N) is 3. The van der Waals surface area contributed by atoms with Crippen LogP contribution in [0.3, 0.4) is 0 Å². The predicted octanol–water partition coefficient (Wildman–Crippen LogP) is 3.92. The third-order valence-electron chi connectivity index (χ3n) is 5.38. The summed E-state index contributed by atoms with van der Waals surface area (Å²) < 4.78 is 46.7. The second kappa shape index (κ2) is 6.62. The van der Waals surface area contributed by atoms with Gasteiger partial charge < -0.3 is 9.32 Å². The maximum absolute atomic E-state index is 13.7. The molecule has 1 amide bonds. The molecule has 1 aromatic carbocycles. The molecule has 1 aromatic heterocycles. The summed E-state index contributed by atoms with van der Waals surface area (Å²) in [5, 5.41) is 0. The molecule has 2 aliphatic heterocycles. The number of benzene rings is 1. The molecule has 0 atom stereocenters. The van der Waals surface area contributed by atoms with Gasteiger partial charge in [0.25, 0.3) is 5.91 Å². The van der Waals surface area contributed by atoms with Crippen molar-refractivity contribution in [3.63, 3.8) is 0 Å². The van der Waals surface area contributed by atoms with Crippen molar-refractivity contribution in [1.29, 1.82) is 0 Å². The highest BCUT2D eigenvalue weighted by Gasteiger charge is 2.40. The lowest BCUT2D eigenvalue weighted by molar-refractivity contribution is -0.138. The normalized spacial score (nSPS) is 17.4. The van der Waals surface area contributed by atoms with E-state index in [2.05, 4.69) is 4.98 Å². The molecule has 8 heteroatoms. The monoisotopic (exact) mass is 393 g/mol. The number of aromatic nitrogens is 1. The van der Waals surface area contributed by atoms with Crippen molar-refractivity contribution in [2.45, 2.75) is 59.0 Å². The van der Waals surface area contributed by atoms with E-state index in [1.165, 1.54) is 11.0 Å². The van der Waals surface area contributed by atoms with Crippen LogP contribution in [0.5, 0.6) is 0 Å². The molecule has 3 heterocycles. The maximum Gasteiger partial charge on any atom is 0.416 e. The van der Waals surface area contributed by atoms with Crippen LogP contribution in [-0.2, 0) is 32.2 Å². The summed E-state index contributed by atoms with van der Waals surface area (Å²) in [6, 6.07) is 2.66. The van der Waals surface area contributed by atoms with Crippen molar-refractivity contribution in [3.8, 4) is 0 Å². The van der Waals surface area contributed by atoms with E-state index in [1.807, 2.05) is 18.7 Å². The third kappa shape index (κ3) is 3.30. The number of rotatable bonds is 3. The number of amides is 1. The molecule has 4 rings (SSSR count). The number of carbonyl (C=O) groups is 1. The maximum atomic E-state index is 13.7. The van der Waals surface area contributed by atoms with Gasteiger partial charge in [0.15, 0.2) is 5.89 Å². The number of aryl methyl sites for hydroxylation is 1. The van der Waals surface area contributed by atoms with Gasteiger partial charge in [0.2, 0.25) is 0 Å². The lowest BCUT2D eigenvalue weighted by Crippen LogP contribution is -2.31. The molecule has 0 fully saturated rings. The molecule has 0 aliphatic carbocycles. The highest BCUT2D eigenvalue weighted by atomic mass is 19.4. The zero-order valence-corrected chi connectivity index (χ0v) is 16.1. The Bertz CT molecular complexity index is 934. The Balaban J connectivity index is 1.65. The van der Waals surface area contributed by atoms with Crippen LogP contribution < -0.4 is 0 Å². The van der Waals surface area contributed by atoms with Crippen molar-refractivity contribution < 1.29 is 22.4 Å². The number of oxazole rings is 1. The van der Waals surface area contributed by atoms with Crippen molar-refractivity contribution >= 4 is 5.91 Å². The molecule has 0 saturated heterocycles. The van der Waals surface area contributed by atoms with Crippen LogP contribution in [0.15, 0.2) is 16.5 Å². The van der Waals surface area contributed by atoms with Crippen LogP contribution in [-0.4, -0.2) is 33.3 Å². The van der Waals surface area contributed by atoms with Gasteiger partial charge in [0.05, 0.1) is 17.8 Å². The zero-order chi connectivity index (χ0) is 20.2. The Morgan fingerprint density at radius 1 is 1.25 bits per heavy atom. The first kappa shape index (κ1) is 19.0. The Hall–Kier alpha value is -2.35. The van der Waals surface area contributed by atoms with Gasteiger partial charge in [0.1, 0.15) is 5.76 Å². The second-order valence-corrected chi connectivity index (χ2v) is 7.76. The molecule has 5 nitrogen and oxygen atoms in total. The number of alkyl halides is 3. The molecule has 0 bridgehead atoms. The highest BCUT2D eigenvalue weighted by Crippen LogP contribution is 2.39. The van der Waals surface area contributed by atoms with Gasteiger partial charge in [-0.2, -0.15) is 13.2 Å². The predicted molar refractivity (Wildman–Crippen MR) is 95.5 cm³/mol. The first-order valence-electron chi connectivity index (χ1n) is 9.35. The minimum absolute atomic E-state index is 0.00533. The SMILES string of the molecule is Cc1nc2c(o1)CN(Cc1cc3c(c(C(F)(F)F)c1)CN(C(C)C)C3=O)CC2. The van der Waals surface area contributed by atoms with E-state index in [4.69, 9.17) is 4.42 Å². The minimum atomic E-state index is -4.50. The molecular weight excluding hydrogens is 371 g/mol. The van der Waals surface area contributed by atoms with E-state index in [-0.39, 0.29) is 29.6 Å². The summed E-state index contributed by atoms with van der Waals surface area (Å²) in [4.78, 5) is 20.5. The number of carbonyl (C=O) groups excluding carboxylic acids is 1. The van der Waals surface area contributed by atoms with Crippen molar-refractivity contribution in [3.05, 3.63) is 51.7 Å². The summed E-state index contributed by atoms with van der Waals surface area (Å²) >= 11 is 0. The summed E-state index contributed by atoms with van der Waals surface area (Å²) in [7, 11) is 0. The van der Waals surface area contributed by atoms with E-state index < -0.39 is 11.7 Å². The first-order chi connectivity index (χ1) is 13.1. The summed E-state index contributed by atoms with van der Waals surface area (Å²) in [5.41, 5.74) is 0.962. The van der Waals surface area contributed by atoms with Gasteiger partial charge in [-0.1, -0.05) is 0 Å².